The van der Waals surface area contributed by atoms with Gasteiger partial charge in [0.05, 0.1) is 24.5 Å². The minimum atomic E-state index is -0.536. The van der Waals surface area contributed by atoms with Gasteiger partial charge in [-0.1, -0.05) is 0 Å². The highest BCUT2D eigenvalue weighted by atomic mass is 16.3. The third-order valence-electron chi connectivity index (χ3n) is 2.63. The predicted molar refractivity (Wildman–Crippen MR) is 52.9 cm³/mol. The molecule has 0 aromatic carbocycles. The van der Waals surface area contributed by atoms with Gasteiger partial charge in [-0.3, -0.25) is 0 Å². The van der Waals surface area contributed by atoms with Crippen LogP contribution >= 0.6 is 0 Å². The summed E-state index contributed by atoms with van der Waals surface area (Å²) in [5.74, 6) is 0.774. The Morgan fingerprint density at radius 3 is 3.00 bits per heavy atom. The summed E-state index contributed by atoms with van der Waals surface area (Å²) in [5, 5.41) is 9.48. The molecule has 0 saturated heterocycles. The number of aliphatic hydroxyl groups is 1. The first-order valence-corrected chi connectivity index (χ1v) is 4.86. The molecule has 2 amide bonds. The number of imidazole rings is 1. The van der Waals surface area contributed by atoms with E-state index in [4.69, 9.17) is 5.73 Å². The van der Waals surface area contributed by atoms with E-state index in [9.17, 15) is 9.90 Å². The lowest BCUT2D eigenvalue weighted by Gasteiger charge is -2.27. The zero-order chi connectivity index (χ0) is 11.0. The van der Waals surface area contributed by atoms with Crippen molar-refractivity contribution in [2.45, 2.75) is 26.1 Å². The fourth-order valence-corrected chi connectivity index (χ4v) is 1.81. The quantitative estimate of drug-likeness (QED) is 0.675. The third kappa shape index (κ3) is 1.68. The molecule has 1 atom stereocenters. The summed E-state index contributed by atoms with van der Waals surface area (Å²) >= 11 is 0. The molecule has 0 aliphatic carbocycles. The van der Waals surface area contributed by atoms with E-state index in [0.29, 0.717) is 19.6 Å². The van der Waals surface area contributed by atoms with Crippen molar-refractivity contribution in [2.75, 3.05) is 6.54 Å². The largest absolute Gasteiger partial charge is 0.387 e. The van der Waals surface area contributed by atoms with E-state index < -0.39 is 12.1 Å². The molecular formula is C9H14N4O2. The highest BCUT2D eigenvalue weighted by molar-refractivity contribution is 5.72. The molecule has 3 N–H and O–H groups in total. The molecule has 1 aromatic rings. The molecule has 0 fully saturated rings. The van der Waals surface area contributed by atoms with Crippen molar-refractivity contribution in [2.24, 2.45) is 5.73 Å². The first-order chi connectivity index (χ1) is 7.09. The van der Waals surface area contributed by atoms with Crippen LogP contribution in [0, 0.1) is 0 Å². The van der Waals surface area contributed by atoms with Crippen molar-refractivity contribution in [1.29, 1.82) is 0 Å². The molecule has 0 radical (unpaired) electrons. The van der Waals surface area contributed by atoms with Crippen LogP contribution in [0.5, 0.6) is 0 Å². The highest BCUT2D eigenvalue weighted by Gasteiger charge is 2.22. The maximum atomic E-state index is 11.0. The molecule has 1 aromatic heterocycles. The SMILES string of the molecule is CC(O)c1cnc2n1CCN(C(N)=O)C2. The third-order valence-corrected chi connectivity index (χ3v) is 2.63. The molecule has 6 nitrogen and oxygen atoms in total. The molecule has 0 spiro atoms. The number of carbonyl (C=O) groups excluding carboxylic acids is 1. The Morgan fingerprint density at radius 2 is 2.40 bits per heavy atom. The lowest BCUT2D eigenvalue weighted by molar-refractivity contribution is 0.174. The first-order valence-electron chi connectivity index (χ1n) is 4.86. The molecule has 0 bridgehead atoms. The summed E-state index contributed by atoms with van der Waals surface area (Å²) in [6.45, 7) is 3.32. The van der Waals surface area contributed by atoms with Gasteiger partial charge >= 0.3 is 6.03 Å². The van der Waals surface area contributed by atoms with Crippen molar-refractivity contribution >= 4 is 6.03 Å². The Bertz CT molecular complexity index is 385. The fourth-order valence-electron chi connectivity index (χ4n) is 1.81. The molecule has 6 heteroatoms. The van der Waals surface area contributed by atoms with Crippen LogP contribution in [0.3, 0.4) is 0 Å². The number of amides is 2. The van der Waals surface area contributed by atoms with Gasteiger partial charge < -0.3 is 20.3 Å². The van der Waals surface area contributed by atoms with E-state index in [0.717, 1.165) is 11.5 Å². The van der Waals surface area contributed by atoms with E-state index in [2.05, 4.69) is 4.98 Å². The van der Waals surface area contributed by atoms with Crippen molar-refractivity contribution in [3.05, 3.63) is 17.7 Å². The van der Waals surface area contributed by atoms with E-state index in [-0.39, 0.29) is 0 Å². The molecule has 2 rings (SSSR count). The molecular weight excluding hydrogens is 196 g/mol. The van der Waals surface area contributed by atoms with Crippen LogP contribution in [-0.4, -0.2) is 32.1 Å². The van der Waals surface area contributed by atoms with Crippen LogP contribution < -0.4 is 5.73 Å². The Hall–Kier alpha value is -1.56. The molecule has 0 saturated carbocycles. The zero-order valence-corrected chi connectivity index (χ0v) is 8.55. The summed E-state index contributed by atoms with van der Waals surface area (Å²) in [7, 11) is 0. The maximum Gasteiger partial charge on any atom is 0.315 e. The van der Waals surface area contributed by atoms with Crippen molar-refractivity contribution in [3.8, 4) is 0 Å². The highest BCUT2D eigenvalue weighted by Crippen LogP contribution is 2.18. The number of aromatic nitrogens is 2. The standard InChI is InChI=1S/C9H14N4O2/c1-6(14)7-4-11-8-5-12(9(10)15)2-3-13(7)8/h4,6,14H,2-3,5H2,1H3,(H2,10,15). The average Bonchev–Trinajstić information content (AvgIpc) is 2.59. The monoisotopic (exact) mass is 210 g/mol. The van der Waals surface area contributed by atoms with Crippen LogP contribution in [0.15, 0.2) is 6.20 Å². The minimum Gasteiger partial charge on any atom is -0.387 e. The van der Waals surface area contributed by atoms with Gasteiger partial charge in [-0.15, -0.1) is 0 Å². The van der Waals surface area contributed by atoms with Crippen LogP contribution in [0.1, 0.15) is 24.5 Å². The second kappa shape index (κ2) is 3.54. The lowest BCUT2D eigenvalue weighted by Crippen LogP contribution is -2.41. The molecule has 2 heterocycles. The van der Waals surface area contributed by atoms with E-state index in [1.807, 2.05) is 4.57 Å². The number of primary amides is 1. The normalized spacial score (nSPS) is 17.3. The average molecular weight is 210 g/mol. The Labute approximate surface area is 87.3 Å². The molecule has 1 aliphatic heterocycles. The van der Waals surface area contributed by atoms with Crippen LogP contribution in [0.25, 0.3) is 0 Å². The van der Waals surface area contributed by atoms with Gasteiger partial charge in [0.2, 0.25) is 0 Å². The van der Waals surface area contributed by atoms with E-state index in [1.54, 1.807) is 13.1 Å². The van der Waals surface area contributed by atoms with Gasteiger partial charge in [-0.2, -0.15) is 0 Å². The maximum absolute atomic E-state index is 11.0. The number of carbonyl (C=O) groups is 1. The zero-order valence-electron chi connectivity index (χ0n) is 8.55. The number of fused-ring (bicyclic) bond motifs is 1. The van der Waals surface area contributed by atoms with Gasteiger partial charge in [0.25, 0.3) is 0 Å². The fraction of sp³-hybridized carbons (Fsp3) is 0.556. The van der Waals surface area contributed by atoms with Gasteiger partial charge in [-0.05, 0) is 6.92 Å². The number of rotatable bonds is 1. The second-order valence-corrected chi connectivity index (χ2v) is 3.69. The summed E-state index contributed by atoms with van der Waals surface area (Å²) in [6.07, 6.45) is 1.11. The van der Waals surface area contributed by atoms with Gasteiger partial charge in [0.15, 0.2) is 0 Å². The summed E-state index contributed by atoms with van der Waals surface area (Å²) < 4.78 is 1.93. The Balaban J connectivity index is 2.26. The Kier molecular flexibility index (Phi) is 2.36. The number of nitrogens with two attached hydrogens (primary N) is 1. The lowest BCUT2D eigenvalue weighted by atomic mass is 10.3. The van der Waals surface area contributed by atoms with Crippen molar-refractivity contribution in [3.63, 3.8) is 0 Å². The summed E-state index contributed by atoms with van der Waals surface area (Å²) in [5.41, 5.74) is 5.98. The van der Waals surface area contributed by atoms with Gasteiger partial charge in [0.1, 0.15) is 5.82 Å². The van der Waals surface area contributed by atoms with Gasteiger partial charge in [0, 0.05) is 13.1 Å². The number of hydrogen-bond acceptors (Lipinski definition) is 3. The van der Waals surface area contributed by atoms with Crippen LogP contribution in [0.4, 0.5) is 4.79 Å². The van der Waals surface area contributed by atoms with Crippen molar-refractivity contribution < 1.29 is 9.90 Å². The number of hydrogen-bond donors (Lipinski definition) is 2. The number of nitrogens with zero attached hydrogens (tertiary/aromatic N) is 3. The molecule has 82 valence electrons. The predicted octanol–water partition coefficient (Wildman–Crippen LogP) is -0.169. The van der Waals surface area contributed by atoms with Crippen LogP contribution in [-0.2, 0) is 13.1 Å². The Morgan fingerprint density at radius 1 is 1.67 bits per heavy atom. The minimum absolute atomic E-state index is 0.419. The number of urea groups is 1. The second-order valence-electron chi connectivity index (χ2n) is 3.69. The van der Waals surface area contributed by atoms with Gasteiger partial charge in [-0.25, -0.2) is 9.78 Å². The summed E-state index contributed by atoms with van der Waals surface area (Å²) in [4.78, 5) is 16.7. The first kappa shape index (κ1) is 9.97. The van der Waals surface area contributed by atoms with E-state index >= 15 is 0 Å². The summed E-state index contributed by atoms with van der Waals surface area (Å²) in [6, 6.07) is -0.428. The number of aliphatic hydroxyl groups excluding tert-OH is 1. The van der Waals surface area contributed by atoms with Crippen LogP contribution in [0.2, 0.25) is 0 Å². The van der Waals surface area contributed by atoms with Crippen molar-refractivity contribution in [1.82, 2.24) is 14.5 Å². The molecule has 1 aliphatic rings. The molecule has 15 heavy (non-hydrogen) atoms. The topological polar surface area (TPSA) is 84.4 Å². The smallest absolute Gasteiger partial charge is 0.315 e. The molecule has 1 unspecified atom stereocenters. The van der Waals surface area contributed by atoms with E-state index in [1.165, 1.54) is 4.90 Å².